The van der Waals surface area contributed by atoms with E-state index in [1.54, 1.807) is 47.1 Å². The minimum atomic E-state index is -1.38. The minimum Gasteiger partial charge on any atom is -0.494 e. The van der Waals surface area contributed by atoms with Crippen LogP contribution in [0.15, 0.2) is 72.8 Å². The summed E-state index contributed by atoms with van der Waals surface area (Å²) >= 11 is 6.09. The van der Waals surface area contributed by atoms with Gasteiger partial charge in [0.1, 0.15) is 17.4 Å². The number of aliphatic hydroxyl groups excluding tert-OH is 1. The Labute approximate surface area is 243 Å². The predicted molar refractivity (Wildman–Crippen MR) is 154 cm³/mol. The Kier molecular flexibility index (Phi) is 7.13. The number of halogens is 1. The van der Waals surface area contributed by atoms with Gasteiger partial charge in [-0.15, -0.1) is 0 Å². The van der Waals surface area contributed by atoms with Gasteiger partial charge in [-0.3, -0.25) is 14.4 Å². The molecule has 1 N–H and O–H groups in total. The van der Waals surface area contributed by atoms with Crippen LogP contribution in [-0.2, 0) is 19.1 Å². The zero-order valence-corrected chi connectivity index (χ0v) is 23.6. The minimum absolute atomic E-state index is 0.252. The van der Waals surface area contributed by atoms with Gasteiger partial charge in [-0.25, -0.2) is 0 Å². The van der Waals surface area contributed by atoms with Crippen LogP contribution in [0.4, 0.5) is 11.4 Å². The average Bonchev–Trinajstić information content (AvgIpc) is 3.30. The summed E-state index contributed by atoms with van der Waals surface area (Å²) in [5.41, 5.74) is -0.0808. The molecule has 2 saturated heterocycles. The molecule has 6 atom stereocenters. The first-order chi connectivity index (χ1) is 19.8. The van der Waals surface area contributed by atoms with Crippen molar-refractivity contribution >= 4 is 40.7 Å². The van der Waals surface area contributed by atoms with Gasteiger partial charge >= 0.3 is 0 Å². The Morgan fingerprint density at radius 2 is 1.61 bits per heavy atom. The second-order valence-electron chi connectivity index (χ2n) is 10.8. The number of nitrogens with zero attached hydrogens (tertiary/aromatic N) is 3. The number of hydrogen-bond donors (Lipinski definition) is 1. The molecule has 2 fully saturated rings. The molecule has 0 saturated carbocycles. The Hall–Kier alpha value is -3.66. The molecule has 1 spiro atoms. The molecule has 9 nitrogen and oxygen atoms in total. The van der Waals surface area contributed by atoms with Crippen molar-refractivity contribution in [1.82, 2.24) is 4.90 Å². The third-order valence-electron chi connectivity index (χ3n) is 8.43. The zero-order chi connectivity index (χ0) is 28.9. The number of fused-ring (bicyclic) bond motifs is 2. The molecule has 2 aromatic rings. The summed E-state index contributed by atoms with van der Waals surface area (Å²) in [7, 11) is 0. The van der Waals surface area contributed by atoms with Crippen molar-refractivity contribution in [2.45, 2.75) is 37.6 Å². The second kappa shape index (κ2) is 10.6. The lowest BCUT2D eigenvalue weighted by molar-refractivity contribution is -0.143. The van der Waals surface area contributed by atoms with E-state index in [1.165, 1.54) is 4.90 Å². The van der Waals surface area contributed by atoms with Crippen molar-refractivity contribution in [1.29, 1.82) is 0 Å². The van der Waals surface area contributed by atoms with E-state index in [0.29, 0.717) is 35.3 Å². The van der Waals surface area contributed by atoms with Crippen LogP contribution >= 0.6 is 11.6 Å². The number of carbonyl (C=O) groups is 3. The number of hydrogen-bond acceptors (Lipinski definition) is 6. The maximum Gasteiger partial charge on any atom is 0.253 e. The van der Waals surface area contributed by atoms with E-state index < -0.39 is 35.6 Å². The molecular weight excluding hydrogens is 546 g/mol. The van der Waals surface area contributed by atoms with E-state index >= 15 is 0 Å². The van der Waals surface area contributed by atoms with Crippen LogP contribution in [0.25, 0.3) is 0 Å². The molecule has 2 aromatic carbocycles. The number of likely N-dealkylation sites (tertiary alicyclic amines) is 1. The average molecular weight is 578 g/mol. The van der Waals surface area contributed by atoms with E-state index in [4.69, 9.17) is 21.1 Å². The van der Waals surface area contributed by atoms with Gasteiger partial charge < -0.3 is 29.3 Å². The second-order valence-corrected chi connectivity index (χ2v) is 11.2. The highest BCUT2D eigenvalue weighted by molar-refractivity contribution is 6.30. The molecule has 4 aliphatic heterocycles. The van der Waals surface area contributed by atoms with Crippen LogP contribution < -0.4 is 14.5 Å². The van der Waals surface area contributed by atoms with Crippen LogP contribution in [0.5, 0.6) is 5.75 Å². The Bertz CT molecular complexity index is 1410. The van der Waals surface area contributed by atoms with Crippen molar-refractivity contribution in [2.75, 3.05) is 36.1 Å². The first kappa shape index (κ1) is 27.5. The van der Waals surface area contributed by atoms with Gasteiger partial charge in [0.2, 0.25) is 11.8 Å². The van der Waals surface area contributed by atoms with Gasteiger partial charge in [0, 0.05) is 29.5 Å². The molecule has 0 radical (unpaired) electrons. The highest BCUT2D eigenvalue weighted by atomic mass is 35.5. The number of benzene rings is 2. The van der Waals surface area contributed by atoms with Crippen molar-refractivity contribution in [3.8, 4) is 5.75 Å². The standard InChI is InChI=1S/C31H32ClN3O6/c1-3-40-23-13-11-22(12-14-23)33-16-4-6-24-25(28(33)37)26-29(38)35(19(2)18-36)27-30(39)34(17-5-15-31(26,27)41-24)21-9-7-20(32)8-10-21/h4-15,19,24-27,36H,3,16-18H2,1-2H3/t19-,24-,25+,26+,27?,31+/m1/s1. The fourth-order valence-electron chi connectivity index (χ4n) is 6.61. The number of aliphatic hydroxyl groups is 1. The monoisotopic (exact) mass is 577 g/mol. The van der Waals surface area contributed by atoms with Crippen molar-refractivity contribution in [3.05, 3.63) is 77.9 Å². The lowest BCUT2D eigenvalue weighted by atomic mass is 9.77. The molecule has 1 unspecified atom stereocenters. The van der Waals surface area contributed by atoms with Gasteiger partial charge in [-0.1, -0.05) is 35.9 Å². The molecule has 6 rings (SSSR count). The summed E-state index contributed by atoms with van der Waals surface area (Å²) in [5, 5.41) is 10.7. The zero-order valence-electron chi connectivity index (χ0n) is 22.9. The topological polar surface area (TPSA) is 99.6 Å². The molecule has 214 valence electrons. The van der Waals surface area contributed by atoms with Gasteiger partial charge in [-0.2, -0.15) is 0 Å². The summed E-state index contributed by atoms with van der Waals surface area (Å²) < 4.78 is 12.2. The van der Waals surface area contributed by atoms with E-state index in [9.17, 15) is 19.5 Å². The van der Waals surface area contributed by atoms with Crippen LogP contribution in [0.1, 0.15) is 13.8 Å². The highest BCUT2D eigenvalue weighted by Crippen LogP contribution is 2.54. The van der Waals surface area contributed by atoms with Gasteiger partial charge in [0.05, 0.1) is 37.2 Å². The number of carbonyl (C=O) groups excluding carboxylic acids is 3. The molecular formula is C31H32ClN3O6. The highest BCUT2D eigenvalue weighted by Gasteiger charge is 2.72. The number of amides is 3. The summed E-state index contributed by atoms with van der Waals surface area (Å²) in [6, 6.07) is 12.4. The molecule has 10 heteroatoms. The predicted octanol–water partition coefficient (Wildman–Crippen LogP) is 3.21. The third kappa shape index (κ3) is 4.34. The molecule has 0 aliphatic carbocycles. The van der Waals surface area contributed by atoms with Crippen molar-refractivity contribution in [2.24, 2.45) is 11.8 Å². The van der Waals surface area contributed by atoms with Gasteiger partial charge in [0.25, 0.3) is 5.91 Å². The summed E-state index contributed by atoms with van der Waals surface area (Å²) in [6.45, 7) is 4.35. The summed E-state index contributed by atoms with van der Waals surface area (Å²) in [6.07, 6.45) is 6.61. The van der Waals surface area contributed by atoms with Crippen LogP contribution in [0.2, 0.25) is 5.02 Å². The van der Waals surface area contributed by atoms with E-state index in [0.717, 1.165) is 0 Å². The van der Waals surface area contributed by atoms with Crippen molar-refractivity contribution < 1.29 is 29.0 Å². The number of rotatable bonds is 6. The summed E-state index contributed by atoms with van der Waals surface area (Å²) in [4.78, 5) is 47.5. The van der Waals surface area contributed by atoms with E-state index in [1.807, 2.05) is 49.4 Å². The van der Waals surface area contributed by atoms with E-state index in [-0.39, 0.29) is 30.9 Å². The molecule has 41 heavy (non-hydrogen) atoms. The molecule has 4 aliphatic rings. The lowest BCUT2D eigenvalue weighted by Crippen LogP contribution is -2.57. The lowest BCUT2D eigenvalue weighted by Gasteiger charge is -2.37. The SMILES string of the molecule is CCOc1ccc(N2CC=C[C@H]3O[C@]45C=CCN(c6ccc(Cl)cc6)C(=O)C4N([C@H](C)CO)C(=O)[C@@H]5[C@H]3C2=O)cc1. The van der Waals surface area contributed by atoms with Gasteiger partial charge in [0.15, 0.2) is 0 Å². The molecule has 3 amide bonds. The van der Waals surface area contributed by atoms with Gasteiger partial charge in [-0.05, 0) is 62.4 Å². The maximum absolute atomic E-state index is 14.3. The fourth-order valence-corrected chi connectivity index (χ4v) is 6.74. The Balaban J connectivity index is 1.41. The maximum atomic E-state index is 14.3. The van der Waals surface area contributed by atoms with Crippen molar-refractivity contribution in [3.63, 3.8) is 0 Å². The summed E-state index contributed by atoms with van der Waals surface area (Å²) in [5.74, 6) is -2.08. The number of ether oxygens (including phenoxy) is 2. The third-order valence-corrected chi connectivity index (χ3v) is 8.69. The van der Waals surface area contributed by atoms with Crippen LogP contribution in [0.3, 0.4) is 0 Å². The quantitative estimate of drug-likeness (QED) is 0.530. The Morgan fingerprint density at radius 1 is 0.976 bits per heavy atom. The fraction of sp³-hybridized carbons (Fsp3) is 0.387. The first-order valence-corrected chi connectivity index (χ1v) is 14.2. The Morgan fingerprint density at radius 3 is 2.27 bits per heavy atom. The normalized spacial score (nSPS) is 29.7. The molecule has 0 aromatic heterocycles. The van der Waals surface area contributed by atoms with Crippen LogP contribution in [-0.4, -0.2) is 77.8 Å². The smallest absolute Gasteiger partial charge is 0.253 e. The van der Waals surface area contributed by atoms with Crippen LogP contribution in [0, 0.1) is 11.8 Å². The largest absolute Gasteiger partial charge is 0.494 e. The number of anilines is 2. The molecule has 4 heterocycles. The van der Waals surface area contributed by atoms with E-state index in [2.05, 4.69) is 0 Å². The molecule has 0 bridgehead atoms. The first-order valence-electron chi connectivity index (χ1n) is 13.9.